The SMILES string of the molecule is CC1(C)C(n2c(C3CC3)nc3cc(N)ccc32)C1(C)C. The van der Waals surface area contributed by atoms with E-state index in [9.17, 15) is 0 Å². The van der Waals surface area contributed by atoms with Crippen molar-refractivity contribution in [2.45, 2.75) is 52.5 Å². The van der Waals surface area contributed by atoms with Crippen LogP contribution in [0.5, 0.6) is 0 Å². The second-order valence-corrected chi connectivity index (χ2v) is 7.71. The molecule has 2 fully saturated rings. The lowest BCUT2D eigenvalue weighted by Crippen LogP contribution is -2.05. The highest BCUT2D eigenvalue weighted by Gasteiger charge is 2.66. The summed E-state index contributed by atoms with van der Waals surface area (Å²) in [5, 5.41) is 0. The van der Waals surface area contributed by atoms with Crippen LogP contribution in [0.2, 0.25) is 0 Å². The molecule has 0 amide bonds. The minimum absolute atomic E-state index is 0.325. The van der Waals surface area contributed by atoms with Crippen LogP contribution < -0.4 is 5.73 Å². The lowest BCUT2D eigenvalue weighted by Gasteiger charge is -2.11. The standard InChI is InChI=1S/C17H23N3/c1-16(2)15(17(16,3)4)20-13-8-7-11(18)9-12(13)19-14(20)10-5-6-10/h7-10,15H,5-6,18H2,1-4H3. The van der Waals surface area contributed by atoms with Crippen molar-refractivity contribution in [3.8, 4) is 0 Å². The van der Waals surface area contributed by atoms with E-state index in [-0.39, 0.29) is 0 Å². The van der Waals surface area contributed by atoms with Crippen molar-refractivity contribution < 1.29 is 0 Å². The zero-order valence-electron chi connectivity index (χ0n) is 12.8. The van der Waals surface area contributed by atoms with E-state index in [1.807, 2.05) is 12.1 Å². The summed E-state index contributed by atoms with van der Waals surface area (Å²) in [6, 6.07) is 6.70. The van der Waals surface area contributed by atoms with Crippen LogP contribution in [0.25, 0.3) is 11.0 Å². The third-order valence-corrected chi connectivity index (χ3v) is 5.89. The molecule has 2 aliphatic carbocycles. The molecule has 0 spiro atoms. The fraction of sp³-hybridized carbons (Fsp3) is 0.588. The number of nitrogens with zero attached hydrogens (tertiary/aromatic N) is 2. The Kier molecular flexibility index (Phi) is 2.07. The van der Waals surface area contributed by atoms with E-state index in [2.05, 4.69) is 38.3 Å². The molecule has 106 valence electrons. The molecular formula is C17H23N3. The lowest BCUT2D eigenvalue weighted by molar-refractivity contribution is 0.457. The predicted octanol–water partition coefficient (Wildman–Crippen LogP) is 4.10. The summed E-state index contributed by atoms with van der Waals surface area (Å²) in [6.07, 6.45) is 2.57. The first-order valence-electron chi connectivity index (χ1n) is 7.61. The van der Waals surface area contributed by atoms with Crippen LogP contribution in [0.4, 0.5) is 5.69 Å². The zero-order chi connectivity index (χ0) is 14.3. The number of benzene rings is 1. The minimum Gasteiger partial charge on any atom is -0.399 e. The van der Waals surface area contributed by atoms with Gasteiger partial charge >= 0.3 is 0 Å². The van der Waals surface area contributed by atoms with Gasteiger partial charge in [0.25, 0.3) is 0 Å². The highest BCUT2D eigenvalue weighted by molar-refractivity contribution is 5.80. The maximum absolute atomic E-state index is 5.92. The van der Waals surface area contributed by atoms with Gasteiger partial charge in [-0.15, -0.1) is 0 Å². The Morgan fingerprint density at radius 1 is 1.15 bits per heavy atom. The molecule has 0 aliphatic heterocycles. The Morgan fingerprint density at radius 3 is 2.35 bits per heavy atom. The maximum atomic E-state index is 5.92. The van der Waals surface area contributed by atoms with Crippen molar-refractivity contribution in [1.29, 1.82) is 0 Å². The van der Waals surface area contributed by atoms with Gasteiger partial charge in [0, 0.05) is 17.6 Å². The molecule has 20 heavy (non-hydrogen) atoms. The van der Waals surface area contributed by atoms with E-state index < -0.39 is 0 Å². The fourth-order valence-corrected chi connectivity index (χ4v) is 3.84. The molecule has 0 radical (unpaired) electrons. The molecule has 0 unspecified atom stereocenters. The Balaban J connectivity index is 1.96. The van der Waals surface area contributed by atoms with Gasteiger partial charge in [0.2, 0.25) is 0 Å². The zero-order valence-corrected chi connectivity index (χ0v) is 12.8. The van der Waals surface area contributed by atoms with Gasteiger partial charge in [-0.1, -0.05) is 27.7 Å². The van der Waals surface area contributed by atoms with Crippen LogP contribution in [0.3, 0.4) is 0 Å². The van der Waals surface area contributed by atoms with Gasteiger partial charge in [-0.25, -0.2) is 4.98 Å². The van der Waals surface area contributed by atoms with Gasteiger partial charge in [-0.3, -0.25) is 0 Å². The Labute approximate surface area is 120 Å². The average Bonchev–Trinajstić information content (AvgIpc) is 3.20. The van der Waals surface area contributed by atoms with Gasteiger partial charge in [-0.05, 0) is 41.9 Å². The first-order valence-corrected chi connectivity index (χ1v) is 7.61. The number of anilines is 1. The lowest BCUT2D eigenvalue weighted by atomic mass is 10.0. The molecule has 2 saturated carbocycles. The van der Waals surface area contributed by atoms with Crippen molar-refractivity contribution in [3.63, 3.8) is 0 Å². The van der Waals surface area contributed by atoms with E-state index in [1.54, 1.807) is 0 Å². The maximum Gasteiger partial charge on any atom is 0.113 e. The average molecular weight is 269 g/mol. The van der Waals surface area contributed by atoms with Crippen LogP contribution >= 0.6 is 0 Å². The van der Waals surface area contributed by atoms with Crippen LogP contribution in [0, 0.1) is 10.8 Å². The van der Waals surface area contributed by atoms with Gasteiger partial charge in [0.05, 0.1) is 11.0 Å². The Morgan fingerprint density at radius 2 is 1.80 bits per heavy atom. The summed E-state index contributed by atoms with van der Waals surface area (Å²) >= 11 is 0. The summed E-state index contributed by atoms with van der Waals surface area (Å²) < 4.78 is 2.52. The summed E-state index contributed by atoms with van der Waals surface area (Å²) in [5.74, 6) is 1.95. The first kappa shape index (κ1) is 12.2. The smallest absolute Gasteiger partial charge is 0.113 e. The molecule has 0 atom stereocenters. The van der Waals surface area contributed by atoms with E-state index in [0.29, 0.717) is 22.8 Å². The van der Waals surface area contributed by atoms with Crippen LogP contribution in [0.15, 0.2) is 18.2 Å². The molecule has 3 nitrogen and oxygen atoms in total. The third kappa shape index (κ3) is 1.38. The minimum atomic E-state index is 0.325. The van der Waals surface area contributed by atoms with Crippen LogP contribution in [0.1, 0.15) is 58.3 Å². The summed E-state index contributed by atoms with van der Waals surface area (Å²) in [7, 11) is 0. The van der Waals surface area contributed by atoms with E-state index in [1.165, 1.54) is 24.2 Å². The van der Waals surface area contributed by atoms with E-state index in [0.717, 1.165) is 11.2 Å². The number of imidazole rings is 1. The fourth-order valence-electron chi connectivity index (χ4n) is 3.84. The third-order valence-electron chi connectivity index (χ3n) is 5.89. The van der Waals surface area contributed by atoms with Gasteiger partial charge in [-0.2, -0.15) is 0 Å². The predicted molar refractivity (Wildman–Crippen MR) is 82.7 cm³/mol. The second kappa shape index (κ2) is 3.38. The van der Waals surface area contributed by atoms with Crippen molar-refractivity contribution in [2.24, 2.45) is 10.8 Å². The molecule has 0 saturated heterocycles. The van der Waals surface area contributed by atoms with Crippen molar-refractivity contribution in [3.05, 3.63) is 24.0 Å². The van der Waals surface area contributed by atoms with Crippen molar-refractivity contribution >= 4 is 16.7 Å². The second-order valence-electron chi connectivity index (χ2n) is 7.71. The number of fused-ring (bicyclic) bond motifs is 1. The summed E-state index contributed by atoms with van der Waals surface area (Å²) in [6.45, 7) is 9.49. The molecule has 2 N–H and O–H groups in total. The normalized spacial score (nSPS) is 24.2. The molecule has 0 bridgehead atoms. The molecule has 1 aromatic heterocycles. The molecule has 1 aromatic carbocycles. The molecule has 4 rings (SSSR count). The molecule has 2 aromatic rings. The molecular weight excluding hydrogens is 246 g/mol. The Hall–Kier alpha value is -1.51. The van der Waals surface area contributed by atoms with Gasteiger partial charge < -0.3 is 10.3 Å². The number of nitrogens with two attached hydrogens (primary N) is 1. The van der Waals surface area contributed by atoms with Crippen LogP contribution in [-0.4, -0.2) is 9.55 Å². The highest BCUT2D eigenvalue weighted by atomic mass is 15.2. The number of hydrogen-bond acceptors (Lipinski definition) is 2. The van der Waals surface area contributed by atoms with Crippen molar-refractivity contribution in [1.82, 2.24) is 9.55 Å². The largest absolute Gasteiger partial charge is 0.399 e. The number of nitrogen functional groups attached to an aromatic ring is 1. The topological polar surface area (TPSA) is 43.8 Å². The van der Waals surface area contributed by atoms with E-state index in [4.69, 9.17) is 10.7 Å². The van der Waals surface area contributed by atoms with Crippen molar-refractivity contribution in [2.75, 3.05) is 5.73 Å². The quantitative estimate of drug-likeness (QED) is 0.834. The van der Waals surface area contributed by atoms with E-state index >= 15 is 0 Å². The highest BCUT2D eigenvalue weighted by Crippen LogP contribution is 2.72. The summed E-state index contributed by atoms with van der Waals surface area (Å²) in [5.41, 5.74) is 9.69. The number of rotatable bonds is 2. The molecule has 3 heteroatoms. The molecule has 1 heterocycles. The monoisotopic (exact) mass is 269 g/mol. The Bertz CT molecular complexity index is 690. The summed E-state index contributed by atoms with van der Waals surface area (Å²) in [4.78, 5) is 4.91. The van der Waals surface area contributed by atoms with Gasteiger partial charge in [0.15, 0.2) is 0 Å². The first-order chi connectivity index (χ1) is 9.34. The van der Waals surface area contributed by atoms with Crippen LogP contribution in [-0.2, 0) is 0 Å². The van der Waals surface area contributed by atoms with Gasteiger partial charge in [0.1, 0.15) is 5.82 Å². The number of aromatic nitrogens is 2. The molecule has 2 aliphatic rings. The number of hydrogen-bond donors (Lipinski definition) is 1.